The fraction of sp³-hybridized carbons (Fsp3) is 0.381. The third-order valence-corrected chi connectivity index (χ3v) is 5.18. The highest BCUT2D eigenvalue weighted by atomic mass is 16.1. The van der Waals surface area contributed by atoms with E-state index in [1.54, 1.807) is 0 Å². The Labute approximate surface area is 150 Å². The fourth-order valence-corrected chi connectivity index (χ4v) is 3.24. The first-order valence-corrected chi connectivity index (χ1v) is 8.87. The van der Waals surface area contributed by atoms with Crippen LogP contribution in [0.4, 0.5) is 11.4 Å². The molecule has 1 amide bonds. The molecule has 1 N–H and O–H groups in total. The third-order valence-electron chi connectivity index (χ3n) is 5.18. The molecule has 132 valence electrons. The molecular weight excluding hydrogens is 310 g/mol. The van der Waals surface area contributed by atoms with Crippen LogP contribution in [0.3, 0.4) is 0 Å². The van der Waals surface area contributed by atoms with Crippen molar-refractivity contribution in [1.29, 1.82) is 0 Å². The van der Waals surface area contributed by atoms with Gasteiger partial charge in [0.05, 0.1) is 0 Å². The molecule has 0 aromatic heterocycles. The molecule has 0 spiro atoms. The molecule has 0 saturated carbocycles. The lowest BCUT2D eigenvalue weighted by molar-refractivity contribution is 0.102. The van der Waals surface area contributed by atoms with Crippen molar-refractivity contribution in [3.63, 3.8) is 0 Å². The number of nitrogens with zero attached hydrogens (tertiary/aromatic N) is 2. The number of piperazine rings is 1. The van der Waals surface area contributed by atoms with Gasteiger partial charge in [-0.3, -0.25) is 4.79 Å². The molecule has 1 aliphatic heterocycles. The van der Waals surface area contributed by atoms with Crippen LogP contribution in [0.25, 0.3) is 0 Å². The monoisotopic (exact) mass is 337 g/mol. The van der Waals surface area contributed by atoms with Crippen LogP contribution in [0.2, 0.25) is 0 Å². The van der Waals surface area contributed by atoms with Crippen LogP contribution in [-0.4, -0.2) is 44.0 Å². The van der Waals surface area contributed by atoms with E-state index in [-0.39, 0.29) is 5.91 Å². The zero-order chi connectivity index (χ0) is 18.0. The lowest BCUT2D eigenvalue weighted by Crippen LogP contribution is -2.44. The van der Waals surface area contributed by atoms with Crippen LogP contribution in [-0.2, 0) is 0 Å². The molecule has 0 atom stereocenters. The average Bonchev–Trinajstić information content (AvgIpc) is 2.59. The molecule has 1 saturated heterocycles. The molecular formula is C21H27N3O. The smallest absolute Gasteiger partial charge is 0.255 e. The van der Waals surface area contributed by atoms with E-state index in [0.29, 0.717) is 0 Å². The highest BCUT2D eigenvalue weighted by Gasteiger charge is 2.16. The first kappa shape index (κ1) is 17.5. The quantitative estimate of drug-likeness (QED) is 0.929. The molecule has 0 radical (unpaired) electrons. The molecule has 0 unspecified atom stereocenters. The minimum atomic E-state index is -0.0448. The molecule has 4 heteroatoms. The number of anilines is 2. The largest absolute Gasteiger partial charge is 0.369 e. The molecule has 4 nitrogen and oxygen atoms in total. The van der Waals surface area contributed by atoms with Crippen molar-refractivity contribution in [2.45, 2.75) is 20.8 Å². The second-order valence-electron chi connectivity index (χ2n) is 6.99. The predicted molar refractivity (Wildman–Crippen MR) is 105 cm³/mol. The van der Waals surface area contributed by atoms with Gasteiger partial charge in [-0.15, -0.1) is 0 Å². The number of carbonyl (C=O) groups excluding carboxylic acids is 1. The first-order valence-electron chi connectivity index (χ1n) is 8.87. The van der Waals surface area contributed by atoms with Crippen molar-refractivity contribution >= 4 is 17.3 Å². The number of rotatable bonds is 3. The van der Waals surface area contributed by atoms with Crippen molar-refractivity contribution in [2.24, 2.45) is 0 Å². The van der Waals surface area contributed by atoms with E-state index in [0.717, 1.165) is 54.1 Å². The molecule has 3 rings (SSSR count). The maximum absolute atomic E-state index is 12.6. The van der Waals surface area contributed by atoms with E-state index >= 15 is 0 Å². The first-order chi connectivity index (χ1) is 12.0. The molecule has 1 aliphatic rings. The van der Waals surface area contributed by atoms with Gasteiger partial charge in [-0.25, -0.2) is 0 Å². The van der Waals surface area contributed by atoms with Crippen molar-refractivity contribution in [3.05, 3.63) is 58.7 Å². The average molecular weight is 337 g/mol. The van der Waals surface area contributed by atoms with Gasteiger partial charge in [-0.05, 0) is 68.8 Å². The van der Waals surface area contributed by atoms with Crippen LogP contribution in [0.1, 0.15) is 27.0 Å². The molecule has 0 aliphatic carbocycles. The lowest BCUT2D eigenvalue weighted by Gasteiger charge is -2.34. The second kappa shape index (κ2) is 7.28. The summed E-state index contributed by atoms with van der Waals surface area (Å²) in [6, 6.07) is 12.1. The Bertz CT molecular complexity index is 777. The minimum Gasteiger partial charge on any atom is -0.369 e. The summed E-state index contributed by atoms with van der Waals surface area (Å²) in [7, 11) is 2.16. The zero-order valence-corrected chi connectivity index (χ0v) is 15.6. The van der Waals surface area contributed by atoms with Gasteiger partial charge in [0.25, 0.3) is 5.91 Å². The molecule has 2 aromatic carbocycles. The molecule has 1 heterocycles. The number of hydrogen-bond donors (Lipinski definition) is 1. The topological polar surface area (TPSA) is 35.6 Å². The Morgan fingerprint density at radius 2 is 1.68 bits per heavy atom. The Balaban J connectivity index is 1.75. The minimum absolute atomic E-state index is 0.0448. The van der Waals surface area contributed by atoms with E-state index in [2.05, 4.69) is 41.2 Å². The number of carbonyl (C=O) groups is 1. The maximum atomic E-state index is 12.6. The van der Waals surface area contributed by atoms with E-state index in [1.165, 1.54) is 5.69 Å². The summed E-state index contributed by atoms with van der Waals surface area (Å²) in [5.41, 5.74) is 6.11. The van der Waals surface area contributed by atoms with Crippen molar-refractivity contribution in [2.75, 3.05) is 43.4 Å². The van der Waals surface area contributed by atoms with Gasteiger partial charge in [-0.1, -0.05) is 12.1 Å². The Kier molecular flexibility index (Phi) is 5.09. The normalized spacial score (nSPS) is 15.3. The lowest BCUT2D eigenvalue weighted by atomic mass is 10.0. The zero-order valence-electron chi connectivity index (χ0n) is 15.6. The molecule has 25 heavy (non-hydrogen) atoms. The Morgan fingerprint density at radius 3 is 2.36 bits per heavy atom. The van der Waals surface area contributed by atoms with E-state index < -0.39 is 0 Å². The summed E-state index contributed by atoms with van der Waals surface area (Å²) in [4.78, 5) is 17.4. The summed E-state index contributed by atoms with van der Waals surface area (Å²) in [6.45, 7) is 10.3. The summed E-state index contributed by atoms with van der Waals surface area (Å²) >= 11 is 0. The van der Waals surface area contributed by atoms with Crippen LogP contribution in [0.15, 0.2) is 36.4 Å². The third kappa shape index (κ3) is 3.85. The fourth-order valence-electron chi connectivity index (χ4n) is 3.24. The van der Waals surface area contributed by atoms with Crippen LogP contribution in [0.5, 0.6) is 0 Å². The van der Waals surface area contributed by atoms with Gasteiger partial charge in [0.15, 0.2) is 0 Å². The van der Waals surface area contributed by atoms with Gasteiger partial charge in [0, 0.05) is 43.1 Å². The van der Waals surface area contributed by atoms with Crippen LogP contribution < -0.4 is 10.2 Å². The number of amides is 1. The maximum Gasteiger partial charge on any atom is 0.255 e. The van der Waals surface area contributed by atoms with Gasteiger partial charge in [-0.2, -0.15) is 0 Å². The molecule has 2 aromatic rings. The van der Waals surface area contributed by atoms with Crippen LogP contribution >= 0.6 is 0 Å². The van der Waals surface area contributed by atoms with Crippen molar-refractivity contribution in [1.82, 2.24) is 4.90 Å². The van der Waals surface area contributed by atoms with Crippen LogP contribution in [0, 0.1) is 20.8 Å². The SMILES string of the molecule is Cc1cc(N2CCN(C)CC2)ccc1NC(=O)c1cccc(C)c1C. The molecule has 1 fully saturated rings. The van der Waals surface area contributed by atoms with Gasteiger partial charge < -0.3 is 15.1 Å². The van der Waals surface area contributed by atoms with E-state index in [9.17, 15) is 4.79 Å². The van der Waals surface area contributed by atoms with E-state index in [1.807, 2.05) is 38.1 Å². The number of hydrogen-bond acceptors (Lipinski definition) is 3. The van der Waals surface area contributed by atoms with Gasteiger partial charge in [0.1, 0.15) is 0 Å². The number of nitrogens with one attached hydrogen (secondary N) is 1. The number of benzene rings is 2. The highest BCUT2D eigenvalue weighted by Crippen LogP contribution is 2.24. The number of aryl methyl sites for hydroxylation is 2. The summed E-state index contributed by atoms with van der Waals surface area (Å²) < 4.78 is 0. The van der Waals surface area contributed by atoms with Crippen molar-refractivity contribution in [3.8, 4) is 0 Å². The van der Waals surface area contributed by atoms with Gasteiger partial charge >= 0.3 is 0 Å². The molecule has 0 bridgehead atoms. The highest BCUT2D eigenvalue weighted by molar-refractivity contribution is 6.05. The summed E-state index contributed by atoms with van der Waals surface area (Å²) in [5, 5.41) is 3.07. The predicted octanol–water partition coefficient (Wildman–Crippen LogP) is 3.62. The Hall–Kier alpha value is -2.33. The summed E-state index contributed by atoms with van der Waals surface area (Å²) in [6.07, 6.45) is 0. The van der Waals surface area contributed by atoms with E-state index in [4.69, 9.17) is 0 Å². The number of likely N-dealkylation sites (N-methyl/N-ethyl adjacent to an activating group) is 1. The standard InChI is InChI=1S/C21H27N3O/c1-15-6-5-7-19(17(15)3)21(25)22-20-9-8-18(14-16(20)2)24-12-10-23(4)11-13-24/h5-9,14H,10-13H2,1-4H3,(H,22,25). The second-order valence-corrected chi connectivity index (χ2v) is 6.99. The Morgan fingerprint density at radius 1 is 0.960 bits per heavy atom. The van der Waals surface area contributed by atoms with Crippen molar-refractivity contribution < 1.29 is 4.79 Å². The van der Waals surface area contributed by atoms with Gasteiger partial charge in [0.2, 0.25) is 0 Å². The summed E-state index contributed by atoms with van der Waals surface area (Å²) in [5.74, 6) is -0.0448.